The molecule has 3 aromatic carbocycles. The first-order chi connectivity index (χ1) is 11.3. The molecule has 0 saturated carbocycles. The van der Waals surface area contributed by atoms with Gasteiger partial charge < -0.3 is 5.32 Å². The zero-order valence-electron chi connectivity index (χ0n) is 12.2. The maximum Gasteiger partial charge on any atom is 0.257 e. The molecule has 3 heteroatoms. The first-order valence-electron chi connectivity index (χ1n) is 7.33. The molecule has 0 aliphatic carbocycles. The molecule has 1 amide bonds. The largest absolute Gasteiger partial charge is 0.321 e. The van der Waals surface area contributed by atoms with Crippen molar-refractivity contribution in [3.8, 4) is 6.07 Å². The third-order valence-corrected chi connectivity index (χ3v) is 4.09. The number of nitriles is 1. The van der Waals surface area contributed by atoms with E-state index < -0.39 is 0 Å². The van der Waals surface area contributed by atoms with Gasteiger partial charge in [-0.3, -0.25) is 4.79 Å². The SMILES string of the molecule is N#C/C(=C1\C(=O)Nc2ccccc21)c1cccc2ccccc12. The lowest BCUT2D eigenvalue weighted by Gasteiger charge is -2.08. The Bertz CT molecular complexity index is 1020. The Morgan fingerprint density at radius 3 is 2.52 bits per heavy atom. The van der Waals surface area contributed by atoms with E-state index in [-0.39, 0.29) is 5.91 Å². The highest BCUT2D eigenvalue weighted by molar-refractivity contribution is 6.38. The minimum Gasteiger partial charge on any atom is -0.321 e. The Kier molecular flexibility index (Phi) is 2.96. The summed E-state index contributed by atoms with van der Waals surface area (Å²) < 4.78 is 0. The number of benzene rings is 3. The standard InChI is InChI=1S/C20H12N2O/c21-12-17(15-10-5-7-13-6-1-2-8-14(13)15)19-16-9-3-4-11-18(16)22-20(19)23/h1-11H,(H,22,23)/b19-17+. The van der Waals surface area contributed by atoms with E-state index in [0.29, 0.717) is 11.1 Å². The average molecular weight is 296 g/mol. The van der Waals surface area contributed by atoms with E-state index in [1.54, 1.807) is 0 Å². The number of para-hydroxylation sites is 1. The van der Waals surface area contributed by atoms with E-state index in [1.165, 1.54) is 0 Å². The van der Waals surface area contributed by atoms with Crippen LogP contribution >= 0.6 is 0 Å². The summed E-state index contributed by atoms with van der Waals surface area (Å²) in [5.41, 5.74) is 3.17. The summed E-state index contributed by atoms with van der Waals surface area (Å²) in [5, 5.41) is 14.6. The molecule has 1 aliphatic heterocycles. The minimum absolute atomic E-state index is 0.226. The second-order valence-electron chi connectivity index (χ2n) is 5.39. The smallest absolute Gasteiger partial charge is 0.257 e. The van der Waals surface area contributed by atoms with Gasteiger partial charge in [0.05, 0.1) is 11.1 Å². The molecule has 3 aromatic rings. The van der Waals surface area contributed by atoms with Crippen LogP contribution in [0.15, 0.2) is 66.7 Å². The van der Waals surface area contributed by atoms with Gasteiger partial charge in [0, 0.05) is 16.8 Å². The predicted octanol–water partition coefficient (Wildman–Crippen LogP) is 4.23. The second kappa shape index (κ2) is 5.11. The number of anilines is 1. The van der Waals surface area contributed by atoms with Crippen LogP contribution in [0.2, 0.25) is 0 Å². The van der Waals surface area contributed by atoms with Crippen molar-refractivity contribution >= 4 is 33.5 Å². The third-order valence-electron chi connectivity index (χ3n) is 4.09. The highest BCUT2D eigenvalue weighted by Gasteiger charge is 2.28. The van der Waals surface area contributed by atoms with Crippen molar-refractivity contribution < 1.29 is 4.79 Å². The molecule has 1 aliphatic rings. The van der Waals surface area contributed by atoms with Crippen molar-refractivity contribution in [3.05, 3.63) is 77.9 Å². The molecule has 0 fully saturated rings. The average Bonchev–Trinajstić information content (AvgIpc) is 2.92. The number of hydrogen-bond acceptors (Lipinski definition) is 2. The number of rotatable bonds is 1. The summed E-state index contributed by atoms with van der Waals surface area (Å²) in [7, 11) is 0. The van der Waals surface area contributed by atoms with Gasteiger partial charge in [-0.1, -0.05) is 60.7 Å². The Labute approximate surface area is 133 Å². The van der Waals surface area contributed by atoms with Crippen LogP contribution in [0, 0.1) is 11.3 Å². The van der Waals surface area contributed by atoms with Gasteiger partial charge in [-0.15, -0.1) is 0 Å². The molecule has 1 heterocycles. The normalized spacial score (nSPS) is 15.0. The van der Waals surface area contributed by atoms with Crippen LogP contribution in [0.5, 0.6) is 0 Å². The number of amides is 1. The van der Waals surface area contributed by atoms with Crippen LogP contribution in [-0.2, 0) is 4.79 Å². The summed E-state index contributed by atoms with van der Waals surface area (Å²) in [6, 6.07) is 23.4. The molecule has 0 aromatic heterocycles. The molecular formula is C20H12N2O. The molecule has 0 spiro atoms. The lowest BCUT2D eigenvalue weighted by Crippen LogP contribution is -2.05. The summed E-state index contributed by atoms with van der Waals surface area (Å²) in [6.45, 7) is 0. The molecule has 23 heavy (non-hydrogen) atoms. The first kappa shape index (κ1) is 13.3. The molecule has 4 rings (SSSR count). The van der Waals surface area contributed by atoms with E-state index in [1.807, 2.05) is 66.7 Å². The fraction of sp³-hybridized carbons (Fsp3) is 0. The van der Waals surface area contributed by atoms with Crippen LogP contribution in [0.25, 0.3) is 21.9 Å². The van der Waals surface area contributed by atoms with E-state index in [9.17, 15) is 10.1 Å². The zero-order valence-corrected chi connectivity index (χ0v) is 12.2. The number of hydrogen-bond donors (Lipinski definition) is 1. The Morgan fingerprint density at radius 2 is 1.65 bits per heavy atom. The lowest BCUT2D eigenvalue weighted by atomic mass is 9.93. The van der Waals surface area contributed by atoms with Crippen LogP contribution in [0.3, 0.4) is 0 Å². The minimum atomic E-state index is -0.226. The van der Waals surface area contributed by atoms with Gasteiger partial charge in [0.25, 0.3) is 5.91 Å². The van der Waals surface area contributed by atoms with E-state index >= 15 is 0 Å². The maximum atomic E-state index is 12.4. The predicted molar refractivity (Wildman–Crippen MR) is 91.4 cm³/mol. The number of carbonyl (C=O) groups is 1. The van der Waals surface area contributed by atoms with Gasteiger partial charge in [0.15, 0.2) is 0 Å². The van der Waals surface area contributed by atoms with E-state index in [2.05, 4.69) is 11.4 Å². The van der Waals surface area contributed by atoms with Gasteiger partial charge in [-0.2, -0.15) is 5.26 Å². The van der Waals surface area contributed by atoms with Crippen LogP contribution in [-0.4, -0.2) is 5.91 Å². The lowest BCUT2D eigenvalue weighted by molar-refractivity contribution is -0.110. The molecule has 0 radical (unpaired) electrons. The third kappa shape index (κ3) is 2.01. The number of allylic oxidation sites excluding steroid dienone is 1. The molecular weight excluding hydrogens is 284 g/mol. The van der Waals surface area contributed by atoms with E-state index in [4.69, 9.17) is 0 Å². The van der Waals surface area contributed by atoms with Crippen molar-refractivity contribution in [2.45, 2.75) is 0 Å². The van der Waals surface area contributed by atoms with Gasteiger partial charge >= 0.3 is 0 Å². The van der Waals surface area contributed by atoms with Crippen molar-refractivity contribution in [1.29, 1.82) is 5.26 Å². The summed E-state index contributed by atoms with van der Waals surface area (Å²) in [6.07, 6.45) is 0. The number of nitrogens with one attached hydrogen (secondary N) is 1. The van der Waals surface area contributed by atoms with Gasteiger partial charge in [0.2, 0.25) is 0 Å². The van der Waals surface area contributed by atoms with Crippen molar-refractivity contribution in [2.75, 3.05) is 5.32 Å². The van der Waals surface area contributed by atoms with Gasteiger partial charge in [-0.25, -0.2) is 0 Å². The highest BCUT2D eigenvalue weighted by atomic mass is 16.2. The first-order valence-corrected chi connectivity index (χ1v) is 7.33. The number of carbonyl (C=O) groups excluding carboxylic acids is 1. The molecule has 0 unspecified atom stereocenters. The summed E-state index contributed by atoms with van der Waals surface area (Å²) in [4.78, 5) is 12.4. The monoisotopic (exact) mass is 296 g/mol. The van der Waals surface area contributed by atoms with Crippen molar-refractivity contribution in [3.63, 3.8) is 0 Å². The molecule has 0 bridgehead atoms. The Balaban J connectivity index is 2.06. The number of fused-ring (bicyclic) bond motifs is 2. The topological polar surface area (TPSA) is 52.9 Å². The van der Waals surface area contributed by atoms with Crippen molar-refractivity contribution in [2.24, 2.45) is 0 Å². The molecule has 108 valence electrons. The zero-order chi connectivity index (χ0) is 15.8. The van der Waals surface area contributed by atoms with Gasteiger partial charge in [-0.05, 0) is 16.8 Å². The number of nitrogens with zero attached hydrogens (tertiary/aromatic N) is 1. The molecule has 0 atom stereocenters. The van der Waals surface area contributed by atoms with Crippen LogP contribution < -0.4 is 5.32 Å². The molecule has 3 nitrogen and oxygen atoms in total. The summed E-state index contributed by atoms with van der Waals surface area (Å²) >= 11 is 0. The van der Waals surface area contributed by atoms with Crippen molar-refractivity contribution in [1.82, 2.24) is 0 Å². The second-order valence-corrected chi connectivity index (χ2v) is 5.39. The van der Waals surface area contributed by atoms with Gasteiger partial charge in [0.1, 0.15) is 6.07 Å². The van der Waals surface area contributed by atoms with E-state index in [0.717, 1.165) is 27.6 Å². The fourth-order valence-electron chi connectivity index (χ4n) is 3.06. The molecule has 1 N–H and O–H groups in total. The van der Waals surface area contributed by atoms with Crippen LogP contribution in [0.4, 0.5) is 5.69 Å². The molecule has 0 saturated heterocycles. The fourth-order valence-corrected chi connectivity index (χ4v) is 3.06. The maximum absolute atomic E-state index is 12.4. The van der Waals surface area contributed by atoms with Crippen LogP contribution in [0.1, 0.15) is 11.1 Å². The highest BCUT2D eigenvalue weighted by Crippen LogP contribution is 2.38. The Hall–Kier alpha value is -3.38. The quantitative estimate of drug-likeness (QED) is 0.540. The Morgan fingerprint density at radius 1 is 0.913 bits per heavy atom. The summed E-state index contributed by atoms with van der Waals surface area (Å²) in [5.74, 6) is -0.226.